The van der Waals surface area contributed by atoms with Crippen LogP contribution in [0.4, 0.5) is 18.0 Å². The van der Waals surface area contributed by atoms with Crippen molar-refractivity contribution in [1.29, 1.82) is 0 Å². The van der Waals surface area contributed by atoms with Crippen LogP contribution in [-0.4, -0.2) is 46.0 Å². The van der Waals surface area contributed by atoms with Gasteiger partial charge in [0, 0.05) is 23.9 Å². The van der Waals surface area contributed by atoms with Crippen molar-refractivity contribution in [2.75, 3.05) is 6.61 Å². The number of thiocarbonyl (C=S) groups is 1. The second-order valence-corrected chi connectivity index (χ2v) is 7.38. The van der Waals surface area contributed by atoms with E-state index in [-0.39, 0.29) is 29.2 Å². The third-order valence-corrected chi connectivity index (χ3v) is 5.19. The van der Waals surface area contributed by atoms with Crippen LogP contribution in [0.3, 0.4) is 0 Å². The Hall–Kier alpha value is -2.10. The fourth-order valence-electron chi connectivity index (χ4n) is 3.47. The number of nitrogens with one attached hydrogen (secondary N) is 1. The molecule has 28 heavy (non-hydrogen) atoms. The van der Waals surface area contributed by atoms with Crippen molar-refractivity contribution >= 4 is 23.4 Å². The van der Waals surface area contributed by atoms with E-state index in [1.54, 1.807) is 13.0 Å². The zero-order valence-corrected chi connectivity index (χ0v) is 16.2. The quantitative estimate of drug-likeness (QED) is 0.747. The summed E-state index contributed by atoms with van der Waals surface area (Å²) in [5.41, 5.74) is 0.599. The molecule has 2 aliphatic rings. The molecule has 0 bridgehead atoms. The van der Waals surface area contributed by atoms with Gasteiger partial charge in [-0.3, -0.25) is 0 Å². The van der Waals surface area contributed by atoms with E-state index in [0.717, 1.165) is 25.7 Å². The summed E-state index contributed by atoms with van der Waals surface area (Å²) in [4.78, 5) is 17.9. The maximum atomic E-state index is 12.6. The summed E-state index contributed by atoms with van der Waals surface area (Å²) in [7, 11) is 0. The molecular formula is C18H22F3N3O3S. The molecule has 1 aliphatic heterocycles. The van der Waals surface area contributed by atoms with Gasteiger partial charge in [-0.25, -0.2) is 14.7 Å². The second-order valence-electron chi connectivity index (χ2n) is 7.03. The van der Waals surface area contributed by atoms with Gasteiger partial charge in [-0.05, 0) is 38.0 Å². The summed E-state index contributed by atoms with van der Waals surface area (Å²) in [6, 6.07) is 2.38. The zero-order valence-electron chi connectivity index (χ0n) is 15.4. The number of aromatic nitrogens is 1. The number of carbonyl (C=O) groups excluding carboxylic acids is 1. The molecule has 154 valence electrons. The van der Waals surface area contributed by atoms with Crippen molar-refractivity contribution in [2.24, 2.45) is 0 Å². The Morgan fingerprint density at radius 1 is 1.36 bits per heavy atom. The van der Waals surface area contributed by atoms with E-state index in [9.17, 15) is 18.0 Å². The van der Waals surface area contributed by atoms with Crippen molar-refractivity contribution < 1.29 is 27.4 Å². The number of pyridine rings is 1. The van der Waals surface area contributed by atoms with Crippen LogP contribution in [0.1, 0.15) is 50.7 Å². The van der Waals surface area contributed by atoms with Crippen molar-refractivity contribution in [1.82, 2.24) is 15.2 Å². The van der Waals surface area contributed by atoms with E-state index in [0.29, 0.717) is 5.56 Å². The van der Waals surface area contributed by atoms with Crippen molar-refractivity contribution in [2.45, 2.75) is 63.4 Å². The molecular weight excluding hydrogens is 395 g/mol. The van der Waals surface area contributed by atoms with Gasteiger partial charge in [-0.2, -0.15) is 13.2 Å². The molecule has 2 atom stereocenters. The number of hydrogen-bond donors (Lipinski definition) is 1. The van der Waals surface area contributed by atoms with E-state index in [4.69, 9.17) is 17.0 Å². The topological polar surface area (TPSA) is 63.7 Å². The largest absolute Gasteiger partial charge is 0.468 e. The van der Waals surface area contributed by atoms with Crippen molar-refractivity contribution in [3.8, 4) is 5.88 Å². The van der Waals surface area contributed by atoms with Gasteiger partial charge in [0.15, 0.2) is 6.61 Å². The Balaban J connectivity index is 1.62. The molecule has 1 aromatic heterocycles. The molecule has 3 rings (SSSR count). The van der Waals surface area contributed by atoms with E-state index in [2.05, 4.69) is 15.0 Å². The molecule has 10 heteroatoms. The van der Waals surface area contributed by atoms with Crippen LogP contribution in [0.25, 0.3) is 0 Å². The lowest BCUT2D eigenvalue weighted by Gasteiger charge is -2.27. The Morgan fingerprint density at radius 2 is 2.07 bits per heavy atom. The fourth-order valence-corrected chi connectivity index (χ4v) is 3.83. The molecule has 2 heterocycles. The first-order chi connectivity index (χ1) is 13.2. The molecule has 0 radical (unpaired) electrons. The lowest BCUT2D eigenvalue weighted by Crippen LogP contribution is -2.48. The van der Waals surface area contributed by atoms with Gasteiger partial charge in [0.2, 0.25) is 5.88 Å². The van der Waals surface area contributed by atoms with Crippen LogP contribution in [0, 0.1) is 0 Å². The molecule has 6 nitrogen and oxygen atoms in total. The first-order valence-corrected chi connectivity index (χ1v) is 9.61. The summed E-state index contributed by atoms with van der Waals surface area (Å²) in [6.07, 6.45) is 1.68. The number of ether oxygens (including phenoxy) is 2. The minimum absolute atomic E-state index is 0.0724. The number of carbonyl (C=O) groups is 1. The highest BCUT2D eigenvalue weighted by atomic mass is 32.1. The van der Waals surface area contributed by atoms with Crippen LogP contribution in [0.5, 0.6) is 5.88 Å². The van der Waals surface area contributed by atoms with Gasteiger partial charge in [0.05, 0.1) is 6.04 Å². The first kappa shape index (κ1) is 20.6. The third kappa shape index (κ3) is 5.03. The monoisotopic (exact) mass is 417 g/mol. The van der Waals surface area contributed by atoms with Crippen LogP contribution in [0.15, 0.2) is 18.3 Å². The molecule has 1 N–H and O–H groups in total. The number of halogens is 3. The van der Waals surface area contributed by atoms with Gasteiger partial charge < -0.3 is 14.8 Å². The highest BCUT2D eigenvalue weighted by Gasteiger charge is 2.41. The van der Waals surface area contributed by atoms with E-state index in [1.807, 2.05) is 0 Å². The summed E-state index contributed by atoms with van der Waals surface area (Å²) in [5.74, 6) is -0.138. The molecule has 2 amide bonds. The van der Waals surface area contributed by atoms with E-state index < -0.39 is 18.9 Å². The molecule has 1 aromatic rings. The number of amides is 2. The molecule has 0 spiro atoms. The van der Waals surface area contributed by atoms with Gasteiger partial charge >= 0.3 is 12.2 Å². The Labute approximate surface area is 166 Å². The Bertz CT molecular complexity index is 708. The average molecular weight is 417 g/mol. The summed E-state index contributed by atoms with van der Waals surface area (Å²) < 4.78 is 46.9. The Morgan fingerprint density at radius 3 is 2.68 bits per heavy atom. The number of nitrogens with zero attached hydrogens (tertiary/aromatic N) is 2. The molecule has 1 saturated carbocycles. The van der Waals surface area contributed by atoms with Crippen molar-refractivity contribution in [3.63, 3.8) is 0 Å². The molecule has 0 aromatic carbocycles. The van der Waals surface area contributed by atoms with E-state index >= 15 is 0 Å². The highest BCUT2D eigenvalue weighted by Crippen LogP contribution is 2.33. The van der Waals surface area contributed by atoms with Crippen LogP contribution in [-0.2, 0) is 4.74 Å². The maximum Gasteiger partial charge on any atom is 0.422 e. The van der Waals surface area contributed by atoms with Crippen LogP contribution >= 0.6 is 12.2 Å². The van der Waals surface area contributed by atoms with Gasteiger partial charge in [0.1, 0.15) is 6.10 Å². The maximum absolute atomic E-state index is 12.6. The smallest absolute Gasteiger partial charge is 0.422 e. The third-order valence-electron chi connectivity index (χ3n) is 4.89. The summed E-state index contributed by atoms with van der Waals surface area (Å²) in [5, 5.41) is 3.08. The molecule has 1 saturated heterocycles. The second kappa shape index (κ2) is 8.50. The molecule has 0 unspecified atom stereocenters. The summed E-state index contributed by atoms with van der Waals surface area (Å²) >= 11 is 5.22. The van der Waals surface area contributed by atoms with Gasteiger partial charge in [-0.1, -0.05) is 19.3 Å². The number of rotatable bonds is 4. The lowest BCUT2D eigenvalue weighted by molar-refractivity contribution is -0.154. The number of alkyl halides is 3. The lowest BCUT2D eigenvalue weighted by atomic mass is 9.96. The van der Waals surface area contributed by atoms with Crippen LogP contribution in [0.2, 0.25) is 0 Å². The minimum Gasteiger partial charge on any atom is -0.468 e. The highest BCUT2D eigenvalue weighted by molar-refractivity contribution is 7.80. The van der Waals surface area contributed by atoms with E-state index in [1.165, 1.54) is 23.6 Å². The van der Waals surface area contributed by atoms with Gasteiger partial charge in [-0.15, -0.1) is 0 Å². The summed E-state index contributed by atoms with van der Waals surface area (Å²) in [6.45, 7) is 0.396. The fraction of sp³-hybridized carbons (Fsp3) is 0.611. The predicted octanol–water partition coefficient (Wildman–Crippen LogP) is 4.11. The van der Waals surface area contributed by atoms with Crippen molar-refractivity contribution in [3.05, 3.63) is 23.9 Å². The SMILES string of the molecule is C[C@@H]1[C@H](c2ccc(OCC(F)(F)F)nc2)OC(=S)N1C(=O)NC1CCCCC1. The number of urea groups is 1. The normalized spacial score (nSPS) is 23.4. The standard InChI is InChI=1S/C18H22F3N3O3S/c1-11-15(12-7-8-14(22-9-12)26-10-18(19,20)21)27-17(28)24(11)16(25)23-13-5-3-2-4-6-13/h7-9,11,13,15H,2-6,10H2,1H3,(H,23,25)/t11-,15-/m1/s1. The predicted molar refractivity (Wildman–Crippen MR) is 98.9 cm³/mol. The average Bonchev–Trinajstić information content (AvgIpc) is 2.95. The molecule has 1 aliphatic carbocycles. The Kier molecular flexibility index (Phi) is 6.26. The first-order valence-electron chi connectivity index (χ1n) is 9.20. The van der Waals surface area contributed by atoms with Gasteiger partial charge in [0.25, 0.3) is 5.17 Å². The zero-order chi connectivity index (χ0) is 20.3. The number of hydrogen-bond acceptors (Lipinski definition) is 5. The van der Waals surface area contributed by atoms with Crippen LogP contribution < -0.4 is 10.1 Å². The molecule has 2 fully saturated rings. The minimum atomic E-state index is -4.43.